The molecule has 6 N–H and O–H groups in total. The number of carbonyl (C=O) groups is 1. The van der Waals surface area contributed by atoms with Crippen molar-refractivity contribution in [3.8, 4) is 0 Å². The number of aliphatic hydroxyl groups excluding tert-OH is 3. The zero-order valence-corrected chi connectivity index (χ0v) is 33.8. The molecule has 2 amide bonds. The van der Waals surface area contributed by atoms with E-state index in [9.17, 15) is 20.1 Å². The zero-order valence-electron chi connectivity index (χ0n) is 33.8. The van der Waals surface area contributed by atoms with Gasteiger partial charge >= 0.3 is 6.03 Å². The van der Waals surface area contributed by atoms with Crippen molar-refractivity contribution in [3.05, 3.63) is 0 Å². The standard InChI is InChI=1S/C43H87N3O5/c1-3-5-7-9-11-13-15-17-19-21-23-25-27-29-31-33-35-45-43(50)46(42-39(44)41(49)40(48)38(37-47)51-42)36-34-32-30-28-26-24-22-20-18-16-14-12-10-8-6-4-2/h38-42,47-49H,3-37,44H2,1-2H3,(H,45,50)/t38-,39+,40-,41-,42-/m1/s1. The number of urea groups is 1. The van der Waals surface area contributed by atoms with E-state index in [0.717, 1.165) is 32.1 Å². The van der Waals surface area contributed by atoms with Gasteiger partial charge in [-0.05, 0) is 12.8 Å². The average Bonchev–Trinajstić information content (AvgIpc) is 3.13. The van der Waals surface area contributed by atoms with Gasteiger partial charge in [-0.25, -0.2) is 4.79 Å². The summed E-state index contributed by atoms with van der Waals surface area (Å²) < 4.78 is 5.91. The van der Waals surface area contributed by atoms with Crippen LogP contribution in [0.4, 0.5) is 4.79 Å². The van der Waals surface area contributed by atoms with Crippen molar-refractivity contribution >= 4 is 6.03 Å². The fourth-order valence-electron chi connectivity index (χ4n) is 7.54. The Hall–Kier alpha value is -0.930. The smallest absolute Gasteiger partial charge is 0.319 e. The van der Waals surface area contributed by atoms with Crippen molar-refractivity contribution in [3.63, 3.8) is 0 Å². The summed E-state index contributed by atoms with van der Waals surface area (Å²) in [6, 6.07) is -1.21. The van der Waals surface area contributed by atoms with Crippen LogP contribution in [0.15, 0.2) is 0 Å². The van der Waals surface area contributed by atoms with Crippen LogP contribution in [0.2, 0.25) is 0 Å². The number of hydrogen-bond acceptors (Lipinski definition) is 6. The highest BCUT2D eigenvalue weighted by atomic mass is 16.5. The van der Waals surface area contributed by atoms with Gasteiger partial charge in [0.25, 0.3) is 0 Å². The maximum Gasteiger partial charge on any atom is 0.319 e. The van der Waals surface area contributed by atoms with Crippen LogP contribution >= 0.6 is 0 Å². The Morgan fingerprint density at radius 2 is 0.882 bits per heavy atom. The fourth-order valence-corrected chi connectivity index (χ4v) is 7.54. The largest absolute Gasteiger partial charge is 0.394 e. The fraction of sp³-hybridized carbons (Fsp3) is 0.977. The number of amides is 2. The zero-order chi connectivity index (χ0) is 37.2. The predicted octanol–water partition coefficient (Wildman–Crippen LogP) is 10.3. The van der Waals surface area contributed by atoms with Crippen molar-refractivity contribution < 1.29 is 24.9 Å². The molecule has 5 atom stereocenters. The normalized spacial score (nSPS) is 20.5. The summed E-state index contributed by atoms with van der Waals surface area (Å²) >= 11 is 0. The second-order valence-electron chi connectivity index (χ2n) is 15.8. The molecule has 304 valence electrons. The Morgan fingerprint density at radius 1 is 0.549 bits per heavy atom. The first kappa shape index (κ1) is 48.1. The van der Waals surface area contributed by atoms with Gasteiger partial charge in [0, 0.05) is 13.1 Å². The van der Waals surface area contributed by atoms with Gasteiger partial charge in [0.2, 0.25) is 0 Å². The van der Waals surface area contributed by atoms with Gasteiger partial charge in [-0.3, -0.25) is 4.90 Å². The molecule has 0 saturated carbocycles. The third kappa shape index (κ3) is 24.9. The van der Waals surface area contributed by atoms with Gasteiger partial charge in [0.05, 0.1) is 12.6 Å². The van der Waals surface area contributed by atoms with Gasteiger partial charge in [0.1, 0.15) is 18.3 Å². The van der Waals surface area contributed by atoms with Crippen LogP contribution in [0, 0.1) is 0 Å². The summed E-state index contributed by atoms with van der Waals surface area (Å²) in [5.74, 6) is 0. The second-order valence-corrected chi connectivity index (χ2v) is 15.8. The van der Waals surface area contributed by atoms with E-state index in [0.29, 0.717) is 13.1 Å². The number of aliphatic hydroxyl groups is 3. The molecule has 0 spiro atoms. The number of rotatable bonds is 36. The molecule has 1 rings (SSSR count). The number of carbonyl (C=O) groups excluding carboxylic acids is 1. The molecule has 8 heteroatoms. The number of unbranched alkanes of at least 4 members (excludes halogenated alkanes) is 30. The van der Waals surface area contributed by atoms with Crippen molar-refractivity contribution in [1.82, 2.24) is 10.2 Å². The first-order chi connectivity index (χ1) is 25.0. The van der Waals surface area contributed by atoms with E-state index in [1.54, 1.807) is 4.90 Å². The molecule has 1 aliphatic rings. The molecule has 1 heterocycles. The van der Waals surface area contributed by atoms with Crippen LogP contribution in [0.25, 0.3) is 0 Å². The van der Waals surface area contributed by atoms with Gasteiger partial charge in [-0.15, -0.1) is 0 Å². The summed E-state index contributed by atoms with van der Waals surface area (Å²) in [4.78, 5) is 15.0. The van der Waals surface area contributed by atoms with Gasteiger partial charge in [-0.2, -0.15) is 0 Å². The summed E-state index contributed by atoms with van der Waals surface area (Å²) in [5.41, 5.74) is 6.29. The highest BCUT2D eigenvalue weighted by Crippen LogP contribution is 2.24. The highest BCUT2D eigenvalue weighted by molar-refractivity contribution is 5.74. The molecule has 1 fully saturated rings. The molecule has 1 aliphatic heterocycles. The van der Waals surface area contributed by atoms with Crippen LogP contribution in [0.3, 0.4) is 0 Å². The maximum atomic E-state index is 13.4. The Balaban J connectivity index is 2.24. The van der Waals surface area contributed by atoms with E-state index in [-0.39, 0.29) is 6.03 Å². The molecule has 51 heavy (non-hydrogen) atoms. The Morgan fingerprint density at radius 3 is 1.24 bits per heavy atom. The molecule has 8 nitrogen and oxygen atoms in total. The first-order valence-corrected chi connectivity index (χ1v) is 22.4. The minimum atomic E-state index is -1.29. The quantitative estimate of drug-likeness (QED) is 0.0409. The summed E-state index contributed by atoms with van der Waals surface area (Å²) in [7, 11) is 0. The van der Waals surface area contributed by atoms with Crippen LogP contribution in [0.5, 0.6) is 0 Å². The highest BCUT2D eigenvalue weighted by Gasteiger charge is 2.45. The number of nitrogens with zero attached hydrogens (tertiary/aromatic N) is 1. The Labute approximate surface area is 315 Å². The van der Waals surface area contributed by atoms with Crippen LogP contribution in [-0.4, -0.2) is 76.5 Å². The van der Waals surface area contributed by atoms with Crippen LogP contribution < -0.4 is 11.1 Å². The molecule has 0 bridgehead atoms. The van der Waals surface area contributed by atoms with E-state index < -0.39 is 37.2 Å². The molecular formula is C43H87N3O5. The van der Waals surface area contributed by atoms with E-state index in [1.165, 1.54) is 173 Å². The van der Waals surface area contributed by atoms with Gasteiger partial charge in [0.15, 0.2) is 6.23 Å². The second kappa shape index (κ2) is 34.8. The maximum absolute atomic E-state index is 13.4. The van der Waals surface area contributed by atoms with E-state index in [4.69, 9.17) is 10.5 Å². The minimum absolute atomic E-state index is 0.252. The lowest BCUT2D eigenvalue weighted by atomic mass is 9.96. The van der Waals surface area contributed by atoms with Crippen LogP contribution in [0.1, 0.15) is 219 Å². The summed E-state index contributed by atoms with van der Waals surface area (Å²) in [6.07, 6.45) is 37.0. The molecule has 0 aromatic rings. The van der Waals surface area contributed by atoms with E-state index >= 15 is 0 Å². The predicted molar refractivity (Wildman–Crippen MR) is 215 cm³/mol. The average molecular weight is 726 g/mol. The lowest BCUT2D eigenvalue weighted by Crippen LogP contribution is -2.67. The lowest BCUT2D eigenvalue weighted by Gasteiger charge is -2.45. The molecule has 0 radical (unpaired) electrons. The van der Waals surface area contributed by atoms with Crippen molar-refractivity contribution in [2.45, 2.75) is 250 Å². The topological polar surface area (TPSA) is 128 Å². The van der Waals surface area contributed by atoms with Gasteiger partial charge in [-0.1, -0.05) is 206 Å². The van der Waals surface area contributed by atoms with Gasteiger partial charge < -0.3 is 31.1 Å². The summed E-state index contributed by atoms with van der Waals surface area (Å²) in [6.45, 7) is 5.15. The molecule has 0 aromatic heterocycles. The monoisotopic (exact) mass is 726 g/mol. The molecule has 0 unspecified atom stereocenters. The molecule has 1 saturated heterocycles. The SMILES string of the molecule is CCCCCCCCCCCCCCCCCCNC(=O)N(CCCCCCCCCCCCCCCCCC)[C@@H]1O[C@H](CO)[C@@H](O)[C@H](O)[C@@H]1N. The van der Waals surface area contributed by atoms with Crippen molar-refractivity contribution in [2.24, 2.45) is 5.73 Å². The molecule has 0 aromatic carbocycles. The molecular weight excluding hydrogens is 638 g/mol. The first-order valence-electron chi connectivity index (χ1n) is 22.4. The third-order valence-corrected chi connectivity index (χ3v) is 11.1. The number of ether oxygens (including phenoxy) is 1. The van der Waals surface area contributed by atoms with E-state index in [1.807, 2.05) is 0 Å². The number of hydrogen-bond donors (Lipinski definition) is 5. The third-order valence-electron chi connectivity index (χ3n) is 11.1. The Kier molecular flexibility index (Phi) is 32.8. The van der Waals surface area contributed by atoms with E-state index in [2.05, 4.69) is 19.2 Å². The molecule has 0 aliphatic carbocycles. The number of nitrogens with one attached hydrogen (secondary N) is 1. The number of nitrogens with two attached hydrogens (primary N) is 1. The Bertz CT molecular complexity index is 757. The summed E-state index contributed by atoms with van der Waals surface area (Å²) in [5, 5.41) is 33.7. The van der Waals surface area contributed by atoms with Crippen LogP contribution in [-0.2, 0) is 4.74 Å². The van der Waals surface area contributed by atoms with Crippen molar-refractivity contribution in [1.29, 1.82) is 0 Å². The lowest BCUT2D eigenvalue weighted by molar-refractivity contribution is -0.218. The van der Waals surface area contributed by atoms with Crippen molar-refractivity contribution in [2.75, 3.05) is 19.7 Å². The minimum Gasteiger partial charge on any atom is -0.394 e.